The summed E-state index contributed by atoms with van der Waals surface area (Å²) in [5, 5.41) is 3.33. The van der Waals surface area contributed by atoms with Crippen LogP contribution in [0.3, 0.4) is 0 Å². The van der Waals surface area contributed by atoms with Crippen molar-refractivity contribution in [3.8, 4) is 5.75 Å². The van der Waals surface area contributed by atoms with E-state index >= 15 is 0 Å². The van der Waals surface area contributed by atoms with E-state index in [1.54, 1.807) is 6.92 Å². The van der Waals surface area contributed by atoms with Crippen molar-refractivity contribution < 1.29 is 19.1 Å². The Morgan fingerprint density at radius 2 is 1.62 bits per heavy atom. The molecule has 188 valence electrons. The van der Waals surface area contributed by atoms with Crippen molar-refractivity contribution in [2.45, 2.75) is 33.3 Å². The van der Waals surface area contributed by atoms with Crippen LogP contribution in [-0.4, -0.2) is 18.4 Å². The Morgan fingerprint density at radius 1 is 0.973 bits per heavy atom. The number of aryl methyl sites for hydroxylation is 1. The quantitative estimate of drug-likeness (QED) is 0.294. The van der Waals surface area contributed by atoms with E-state index in [1.165, 1.54) is 5.56 Å². The molecular formula is C30H25Br2NO4. The number of hydrogen-bond donors (Lipinski definition) is 1. The Labute approximate surface area is 232 Å². The van der Waals surface area contributed by atoms with E-state index in [9.17, 15) is 9.59 Å². The Morgan fingerprint density at radius 3 is 2.27 bits per heavy atom. The summed E-state index contributed by atoms with van der Waals surface area (Å²) in [7, 11) is 0. The average Bonchev–Trinajstić information content (AvgIpc) is 3.15. The number of dihydropyridines is 1. The van der Waals surface area contributed by atoms with Crippen molar-refractivity contribution in [1.29, 1.82) is 0 Å². The zero-order valence-corrected chi connectivity index (χ0v) is 23.8. The number of halogens is 2. The minimum Gasteiger partial charge on any atom is -0.487 e. The summed E-state index contributed by atoms with van der Waals surface area (Å²) in [6.07, 6.45) is 0. The second-order valence-corrected chi connectivity index (χ2v) is 10.8. The summed E-state index contributed by atoms with van der Waals surface area (Å²) < 4.78 is 13.0. The van der Waals surface area contributed by atoms with Gasteiger partial charge in [-0.05, 0) is 75.9 Å². The molecule has 3 aromatic carbocycles. The molecule has 0 bridgehead atoms. The van der Waals surface area contributed by atoms with Crippen LogP contribution in [0.4, 0.5) is 0 Å². The van der Waals surface area contributed by atoms with Crippen LogP contribution in [0.15, 0.2) is 86.5 Å². The molecule has 1 N–H and O–H groups in total. The lowest BCUT2D eigenvalue weighted by Crippen LogP contribution is -2.29. The molecule has 5 rings (SSSR count). The molecule has 1 aliphatic carbocycles. The maximum absolute atomic E-state index is 13.6. The van der Waals surface area contributed by atoms with Gasteiger partial charge in [0.1, 0.15) is 12.4 Å². The Bertz CT molecular complexity index is 1460. The molecule has 5 nitrogen and oxygen atoms in total. The van der Waals surface area contributed by atoms with Crippen molar-refractivity contribution in [2.75, 3.05) is 6.61 Å². The molecule has 7 heteroatoms. The fourth-order valence-corrected chi connectivity index (χ4v) is 6.32. The van der Waals surface area contributed by atoms with Gasteiger partial charge in [-0.2, -0.15) is 0 Å². The van der Waals surface area contributed by atoms with Gasteiger partial charge in [-0.25, -0.2) is 4.79 Å². The highest BCUT2D eigenvalue weighted by Crippen LogP contribution is 2.48. The van der Waals surface area contributed by atoms with Gasteiger partial charge in [0, 0.05) is 28.3 Å². The smallest absolute Gasteiger partial charge is 0.336 e. The van der Waals surface area contributed by atoms with Crippen LogP contribution in [-0.2, 0) is 16.1 Å². The van der Waals surface area contributed by atoms with Crippen LogP contribution >= 0.6 is 31.9 Å². The van der Waals surface area contributed by atoms with E-state index in [0.29, 0.717) is 43.7 Å². The number of rotatable bonds is 6. The molecule has 1 heterocycles. The van der Waals surface area contributed by atoms with Gasteiger partial charge in [0.2, 0.25) is 0 Å². The molecule has 0 fully saturated rings. The van der Waals surface area contributed by atoms with E-state index in [4.69, 9.17) is 9.47 Å². The molecule has 0 unspecified atom stereocenters. The molecule has 0 saturated heterocycles. The number of ether oxygens (including phenoxy) is 2. The number of Topliss-reactive ketones (excluding diaryl/α,β-unsaturated/α-hetero) is 1. The highest BCUT2D eigenvalue weighted by atomic mass is 79.9. The zero-order chi connectivity index (χ0) is 26.3. The monoisotopic (exact) mass is 621 g/mol. The number of nitrogens with one attached hydrogen (secondary N) is 1. The fourth-order valence-electron chi connectivity index (χ4n) is 4.87. The third-order valence-corrected chi connectivity index (χ3v) is 7.78. The molecule has 3 aromatic rings. The number of benzene rings is 3. The number of fused-ring (bicyclic) bond motifs is 2. The van der Waals surface area contributed by atoms with Gasteiger partial charge in [0.15, 0.2) is 5.78 Å². The lowest BCUT2D eigenvalue weighted by Gasteiger charge is -2.29. The fraction of sp³-hybridized carbons (Fsp3) is 0.200. The maximum atomic E-state index is 13.6. The van der Waals surface area contributed by atoms with E-state index < -0.39 is 11.9 Å². The van der Waals surface area contributed by atoms with Crippen molar-refractivity contribution in [3.05, 3.63) is 114 Å². The minimum absolute atomic E-state index is 0.0932. The molecule has 0 aromatic heterocycles. The minimum atomic E-state index is -0.603. The topological polar surface area (TPSA) is 64.6 Å². The number of hydrogen-bond acceptors (Lipinski definition) is 5. The number of ketones is 1. The highest BCUT2D eigenvalue weighted by Gasteiger charge is 2.43. The SMILES string of the molecule is CCOC(=O)C1=C(C)NC2=C(C(=O)c3ccccc32)[C@H]1c1cc(Br)c(OCc2ccc(C)cc2)c(Br)c1. The lowest BCUT2D eigenvalue weighted by atomic mass is 9.80. The third kappa shape index (κ3) is 4.66. The van der Waals surface area contributed by atoms with Crippen LogP contribution in [0, 0.1) is 6.92 Å². The van der Waals surface area contributed by atoms with Crippen LogP contribution in [0.5, 0.6) is 5.75 Å². The van der Waals surface area contributed by atoms with Crippen molar-refractivity contribution in [1.82, 2.24) is 5.32 Å². The first-order valence-electron chi connectivity index (χ1n) is 12.0. The Kier molecular flexibility index (Phi) is 7.10. The molecular weight excluding hydrogens is 598 g/mol. The Balaban J connectivity index is 1.57. The average molecular weight is 623 g/mol. The summed E-state index contributed by atoms with van der Waals surface area (Å²) in [6, 6.07) is 19.5. The molecule has 0 saturated carbocycles. The molecule has 37 heavy (non-hydrogen) atoms. The number of esters is 1. The summed E-state index contributed by atoms with van der Waals surface area (Å²) in [4.78, 5) is 26.8. The van der Waals surface area contributed by atoms with Crippen LogP contribution in [0.25, 0.3) is 5.70 Å². The second kappa shape index (κ2) is 10.3. The van der Waals surface area contributed by atoms with Crippen molar-refractivity contribution >= 4 is 49.3 Å². The first-order valence-corrected chi connectivity index (χ1v) is 13.6. The van der Waals surface area contributed by atoms with Gasteiger partial charge < -0.3 is 14.8 Å². The van der Waals surface area contributed by atoms with Crippen molar-refractivity contribution in [2.24, 2.45) is 0 Å². The third-order valence-electron chi connectivity index (χ3n) is 6.60. The Hall–Kier alpha value is -3.16. The van der Waals surface area contributed by atoms with Crippen LogP contribution < -0.4 is 10.1 Å². The molecule has 0 spiro atoms. The van der Waals surface area contributed by atoms with E-state index in [0.717, 1.165) is 22.4 Å². The van der Waals surface area contributed by atoms with Gasteiger partial charge in [0.25, 0.3) is 0 Å². The summed E-state index contributed by atoms with van der Waals surface area (Å²) >= 11 is 7.33. The van der Waals surface area contributed by atoms with Gasteiger partial charge in [-0.15, -0.1) is 0 Å². The van der Waals surface area contributed by atoms with Gasteiger partial charge >= 0.3 is 5.97 Å². The van der Waals surface area contributed by atoms with Crippen LogP contribution in [0.1, 0.15) is 52.4 Å². The van der Waals surface area contributed by atoms with Gasteiger partial charge in [-0.3, -0.25) is 4.79 Å². The number of carbonyl (C=O) groups excluding carboxylic acids is 2. The summed E-state index contributed by atoms with van der Waals surface area (Å²) in [6.45, 7) is 6.31. The maximum Gasteiger partial charge on any atom is 0.336 e. The normalized spacial score (nSPS) is 16.4. The summed E-state index contributed by atoms with van der Waals surface area (Å²) in [5.74, 6) is -0.495. The number of carbonyl (C=O) groups is 2. The molecule has 0 amide bonds. The first-order chi connectivity index (χ1) is 17.8. The van der Waals surface area contributed by atoms with E-state index in [2.05, 4.69) is 49.3 Å². The second-order valence-electron chi connectivity index (χ2n) is 9.07. The standard InChI is InChI=1S/C30H25Br2NO4/c1-4-36-30(35)24-17(3)33-27-20-7-5-6-8-21(20)28(34)26(27)25(24)19-13-22(31)29(23(32)14-19)37-15-18-11-9-16(2)10-12-18/h5-14,25,33H,4,15H2,1-3H3/t25-/m0/s1. The molecule has 0 radical (unpaired) electrons. The van der Waals surface area contributed by atoms with Gasteiger partial charge in [-0.1, -0.05) is 54.1 Å². The van der Waals surface area contributed by atoms with Crippen LogP contribution in [0.2, 0.25) is 0 Å². The molecule has 2 aliphatic rings. The summed E-state index contributed by atoms with van der Waals surface area (Å²) in [5.41, 5.74) is 6.86. The predicted octanol–water partition coefficient (Wildman–Crippen LogP) is 7.23. The zero-order valence-electron chi connectivity index (χ0n) is 20.7. The lowest BCUT2D eigenvalue weighted by molar-refractivity contribution is -0.138. The molecule has 1 aliphatic heterocycles. The van der Waals surface area contributed by atoms with Crippen molar-refractivity contribution in [3.63, 3.8) is 0 Å². The molecule has 1 atom stereocenters. The van der Waals surface area contributed by atoms with E-state index in [-0.39, 0.29) is 12.4 Å². The predicted molar refractivity (Wildman–Crippen MR) is 150 cm³/mol. The van der Waals surface area contributed by atoms with E-state index in [1.807, 2.05) is 62.4 Å². The first kappa shape index (κ1) is 25.5. The largest absolute Gasteiger partial charge is 0.487 e. The number of allylic oxidation sites excluding steroid dienone is 2. The highest BCUT2D eigenvalue weighted by molar-refractivity contribution is 9.11. The van der Waals surface area contributed by atoms with Gasteiger partial charge in [0.05, 0.1) is 26.8 Å².